The Morgan fingerprint density at radius 2 is 1.79 bits per heavy atom. The zero-order chi connectivity index (χ0) is 26.1. The zero-order valence-corrected chi connectivity index (χ0v) is 20.2. The molecule has 34 heavy (non-hydrogen) atoms. The fourth-order valence-electron chi connectivity index (χ4n) is 2.40. The van der Waals surface area contributed by atoms with Crippen molar-refractivity contribution in [2.75, 3.05) is 25.3 Å². The molecule has 2 aromatic rings. The van der Waals surface area contributed by atoms with E-state index in [4.69, 9.17) is 30.0 Å². The summed E-state index contributed by atoms with van der Waals surface area (Å²) in [5, 5.41) is 0. The standard InChI is InChI=1S/C11H19N5O14P4/c1-6(2-28-5-31(18,19)20)7(3-29-34(27,33(24,25)26)30-32(21,22)23)16-4-13-8-9(16)14-11(12)15-10(8)17/h4,7H,1-3,5H2,(H2,18,19,20)(H2,21,22,23)(H2,24,25,26)(H3,12,14,15,17). The molecule has 2 unspecified atom stereocenters. The molecule has 0 aromatic carbocycles. The first kappa shape index (κ1) is 28.7. The van der Waals surface area contributed by atoms with Gasteiger partial charge in [-0.2, -0.15) is 9.29 Å². The molecule has 9 N–H and O–H groups in total. The minimum atomic E-state index is -5.92. The smallest absolute Gasteiger partial charge is 0.369 e. The Morgan fingerprint density at radius 3 is 2.32 bits per heavy atom. The highest BCUT2D eigenvalue weighted by Crippen LogP contribution is 2.82. The lowest BCUT2D eigenvalue weighted by Crippen LogP contribution is -2.21. The summed E-state index contributed by atoms with van der Waals surface area (Å²) in [6.45, 7) is 1.89. The van der Waals surface area contributed by atoms with E-state index >= 15 is 0 Å². The van der Waals surface area contributed by atoms with Crippen LogP contribution in [0.5, 0.6) is 0 Å². The Balaban J connectivity index is 2.48. The Labute approximate surface area is 188 Å². The van der Waals surface area contributed by atoms with Crippen molar-refractivity contribution in [2.24, 2.45) is 0 Å². The van der Waals surface area contributed by atoms with Crippen molar-refractivity contribution in [3.05, 3.63) is 28.8 Å². The van der Waals surface area contributed by atoms with Gasteiger partial charge < -0.3 is 44.4 Å². The molecule has 0 fully saturated rings. The predicted octanol–water partition coefficient (Wildman–Crippen LogP) is -0.637. The fraction of sp³-hybridized carbons (Fsp3) is 0.364. The van der Waals surface area contributed by atoms with Crippen LogP contribution in [0.2, 0.25) is 0 Å². The molecule has 0 bridgehead atoms. The molecule has 0 spiro atoms. The third-order valence-corrected chi connectivity index (χ3v) is 9.96. The lowest BCUT2D eigenvalue weighted by Gasteiger charge is -2.25. The van der Waals surface area contributed by atoms with Crippen LogP contribution in [0.15, 0.2) is 23.3 Å². The summed E-state index contributed by atoms with van der Waals surface area (Å²) in [6, 6.07) is -1.43. The molecule has 0 aliphatic heterocycles. The normalized spacial score (nSPS) is 15.8. The number of fused-ring (bicyclic) bond motifs is 1. The summed E-state index contributed by atoms with van der Waals surface area (Å²) in [7, 11) is -22.0. The van der Waals surface area contributed by atoms with E-state index < -0.39 is 61.2 Å². The number of nitrogens with two attached hydrogens (primary N) is 1. The van der Waals surface area contributed by atoms with Crippen LogP contribution >= 0.6 is 30.0 Å². The van der Waals surface area contributed by atoms with Crippen LogP contribution < -0.4 is 11.3 Å². The number of aromatic amines is 1. The number of hydrogen-bond donors (Lipinski definition) is 8. The third-order valence-electron chi connectivity index (χ3n) is 3.73. The van der Waals surface area contributed by atoms with E-state index in [1.165, 1.54) is 0 Å². The summed E-state index contributed by atoms with van der Waals surface area (Å²) in [6.07, 6.45) is -0.0712. The van der Waals surface area contributed by atoms with Gasteiger partial charge in [0.15, 0.2) is 11.2 Å². The van der Waals surface area contributed by atoms with E-state index in [1.54, 1.807) is 0 Å². The molecule has 2 aromatic heterocycles. The SMILES string of the molecule is C=C(COCP(=O)(O)O)C(COP(=O)(OP(=O)(O)O)P(=O)(O)O)n1cnc2c(=O)[nH]c(N)nc21. The van der Waals surface area contributed by atoms with Crippen LogP contribution in [0.3, 0.4) is 0 Å². The molecule has 192 valence electrons. The van der Waals surface area contributed by atoms with Gasteiger partial charge in [-0.3, -0.25) is 18.9 Å². The first-order chi connectivity index (χ1) is 15.3. The van der Waals surface area contributed by atoms with Crippen molar-refractivity contribution in [2.45, 2.75) is 6.04 Å². The van der Waals surface area contributed by atoms with Crippen molar-refractivity contribution in [3.63, 3.8) is 0 Å². The van der Waals surface area contributed by atoms with Crippen LogP contribution in [0, 0.1) is 0 Å². The molecule has 2 atom stereocenters. The Morgan fingerprint density at radius 1 is 1.18 bits per heavy atom. The molecule has 23 heteroatoms. The van der Waals surface area contributed by atoms with Gasteiger partial charge in [-0.25, -0.2) is 18.7 Å². The van der Waals surface area contributed by atoms with Crippen LogP contribution in [-0.4, -0.2) is 68.4 Å². The maximum Gasteiger partial charge on any atom is 0.477 e. The molecule has 19 nitrogen and oxygen atoms in total. The van der Waals surface area contributed by atoms with Crippen molar-refractivity contribution in [1.82, 2.24) is 19.5 Å². The van der Waals surface area contributed by atoms with Crippen molar-refractivity contribution >= 4 is 47.1 Å². The number of aromatic nitrogens is 4. The number of nitrogens with one attached hydrogen (secondary N) is 1. The highest BCUT2D eigenvalue weighted by Gasteiger charge is 2.51. The number of imidazole rings is 1. The van der Waals surface area contributed by atoms with Gasteiger partial charge in [0, 0.05) is 0 Å². The van der Waals surface area contributed by atoms with E-state index in [0.717, 1.165) is 10.9 Å². The topological polar surface area (TPSA) is 307 Å². The average Bonchev–Trinajstić information content (AvgIpc) is 3.02. The maximum absolute atomic E-state index is 12.5. The summed E-state index contributed by atoms with van der Waals surface area (Å²) in [5.74, 6) is -0.368. The number of anilines is 1. The zero-order valence-electron chi connectivity index (χ0n) is 16.6. The van der Waals surface area contributed by atoms with Gasteiger partial charge in [0.2, 0.25) is 5.95 Å². The number of ether oxygens (including phenoxy) is 1. The second-order valence-electron chi connectivity index (χ2n) is 6.44. The lowest BCUT2D eigenvalue weighted by atomic mass is 10.1. The molecule has 0 aliphatic carbocycles. The fourth-order valence-corrected chi connectivity index (χ4v) is 7.22. The van der Waals surface area contributed by atoms with Crippen LogP contribution in [-0.2, 0) is 31.8 Å². The molecular weight excluding hydrogens is 550 g/mol. The van der Waals surface area contributed by atoms with Crippen LogP contribution in [0.25, 0.3) is 11.2 Å². The molecule has 0 radical (unpaired) electrons. The predicted molar refractivity (Wildman–Crippen MR) is 112 cm³/mol. The van der Waals surface area contributed by atoms with E-state index in [0.29, 0.717) is 0 Å². The molecule has 2 heterocycles. The third kappa shape index (κ3) is 7.47. The summed E-state index contributed by atoms with van der Waals surface area (Å²) >= 11 is 0. The van der Waals surface area contributed by atoms with Gasteiger partial charge in [0.25, 0.3) is 5.56 Å². The van der Waals surface area contributed by atoms with E-state index in [9.17, 15) is 32.8 Å². The van der Waals surface area contributed by atoms with Gasteiger partial charge in [0.05, 0.1) is 25.6 Å². The number of hydrogen-bond acceptors (Lipinski definition) is 11. The van der Waals surface area contributed by atoms with Crippen molar-refractivity contribution < 1.29 is 61.2 Å². The average molecular weight is 569 g/mol. The number of phosphoric acid groups is 1. The van der Waals surface area contributed by atoms with Gasteiger partial charge in [-0.05, 0) is 5.57 Å². The summed E-state index contributed by atoms with van der Waals surface area (Å²) in [4.78, 5) is 76.0. The number of nitrogen functional groups attached to an aromatic ring is 1. The second-order valence-corrected chi connectivity index (χ2v) is 14.9. The minimum Gasteiger partial charge on any atom is -0.369 e. The lowest BCUT2D eigenvalue weighted by molar-refractivity contribution is 0.162. The Kier molecular flexibility index (Phi) is 8.61. The Bertz CT molecular complexity index is 1320. The monoisotopic (exact) mass is 569 g/mol. The minimum absolute atomic E-state index is 0.151. The number of rotatable bonds is 12. The quantitative estimate of drug-likeness (QED) is 0.116. The number of nitrogens with zero attached hydrogens (tertiary/aromatic N) is 3. The molecule has 2 rings (SSSR count). The van der Waals surface area contributed by atoms with Gasteiger partial charge in [-0.1, -0.05) is 6.58 Å². The van der Waals surface area contributed by atoms with Gasteiger partial charge in [0.1, 0.15) is 6.35 Å². The molecule has 0 saturated carbocycles. The van der Waals surface area contributed by atoms with E-state index in [2.05, 4.69) is 30.4 Å². The maximum atomic E-state index is 12.5. The first-order valence-corrected chi connectivity index (χ1v) is 15.6. The molecule has 0 saturated heterocycles. The molecule has 0 amide bonds. The Hall–Kier alpha value is -1.55. The molecular formula is C11H19N5O14P4. The largest absolute Gasteiger partial charge is 0.477 e. The highest BCUT2D eigenvalue weighted by molar-refractivity contribution is 8.27. The number of H-pyrrole nitrogens is 1. The molecule has 0 aliphatic rings. The van der Waals surface area contributed by atoms with Gasteiger partial charge in [-0.15, -0.1) is 0 Å². The van der Waals surface area contributed by atoms with Crippen molar-refractivity contribution in [1.29, 1.82) is 0 Å². The van der Waals surface area contributed by atoms with Crippen LogP contribution in [0.4, 0.5) is 5.95 Å². The van der Waals surface area contributed by atoms with Crippen LogP contribution in [0.1, 0.15) is 6.04 Å². The van der Waals surface area contributed by atoms with E-state index in [-0.39, 0.29) is 22.7 Å². The summed E-state index contributed by atoms with van der Waals surface area (Å²) < 4.78 is 60.4. The van der Waals surface area contributed by atoms with Crippen molar-refractivity contribution in [3.8, 4) is 0 Å². The highest BCUT2D eigenvalue weighted by atomic mass is 32.1. The summed E-state index contributed by atoms with van der Waals surface area (Å²) in [5.41, 5.74) is 4.07. The first-order valence-electron chi connectivity index (χ1n) is 8.43. The second kappa shape index (κ2) is 10.2. The van der Waals surface area contributed by atoms with E-state index in [1.807, 2.05) is 0 Å². The van der Waals surface area contributed by atoms with Gasteiger partial charge >= 0.3 is 30.0 Å².